The van der Waals surface area contributed by atoms with Crippen molar-refractivity contribution in [3.8, 4) is 47.8 Å². The second-order valence-electron chi connectivity index (χ2n) is 19.5. The summed E-state index contributed by atoms with van der Waals surface area (Å²) in [5.41, 5.74) is 14.0. The highest BCUT2D eigenvalue weighted by molar-refractivity contribution is 7.25. The van der Waals surface area contributed by atoms with E-state index in [1.54, 1.807) is 11.1 Å². The van der Waals surface area contributed by atoms with E-state index in [1.165, 1.54) is 143 Å². The zero-order valence-electron chi connectivity index (χ0n) is 40.2. The lowest BCUT2D eigenvalue weighted by Gasteiger charge is -2.31. The molecule has 4 nitrogen and oxygen atoms in total. The monoisotopic (exact) mass is 932 g/mol. The maximum Gasteiger partial charge on any atom is 0.346 e. The Balaban J connectivity index is 1.10. The summed E-state index contributed by atoms with van der Waals surface area (Å²) in [5, 5.41) is 19.0. The third-order valence-corrected chi connectivity index (χ3v) is 17.2. The van der Waals surface area contributed by atoms with Gasteiger partial charge in [-0.15, -0.1) is 22.7 Å². The van der Waals surface area contributed by atoms with Crippen LogP contribution in [0.2, 0.25) is 0 Å². The molecule has 0 radical (unpaired) electrons. The number of hydrogen-bond donors (Lipinski definition) is 1. The molecule has 2 heterocycles. The second kappa shape index (κ2) is 20.7. The molecule has 346 valence electrons. The number of aliphatic carboxylic acids is 1. The molecule has 68 heavy (non-hydrogen) atoms. The third-order valence-electron chi connectivity index (χ3n) is 14.7. The first-order valence-corrected chi connectivity index (χ1v) is 26.7. The SMILES string of the molecule is CCCCCCCCC1(CCCCCCCC)c2cc(-c3ccc(N(c4ccccc4)c4ccccc4)cc3)sc2-c2sc(-c3ccc4c(c3)C(C)(C)c3cc(/C=C(\C#N)C(=O)O)ccc3-4)cc21. The van der Waals surface area contributed by atoms with E-state index < -0.39 is 5.97 Å². The van der Waals surface area contributed by atoms with Crippen molar-refractivity contribution in [3.63, 3.8) is 0 Å². The maximum absolute atomic E-state index is 11.7. The van der Waals surface area contributed by atoms with Crippen molar-refractivity contribution in [2.45, 2.75) is 128 Å². The molecular formula is C62H64N2O2S2. The number of anilines is 3. The van der Waals surface area contributed by atoms with Crippen LogP contribution in [0.15, 0.2) is 139 Å². The van der Waals surface area contributed by atoms with Crippen LogP contribution in [0.25, 0.3) is 47.8 Å². The van der Waals surface area contributed by atoms with E-state index in [-0.39, 0.29) is 16.4 Å². The number of carbonyl (C=O) groups is 1. The van der Waals surface area contributed by atoms with Gasteiger partial charge in [-0.1, -0.05) is 184 Å². The van der Waals surface area contributed by atoms with Crippen molar-refractivity contribution in [1.29, 1.82) is 5.26 Å². The van der Waals surface area contributed by atoms with Gasteiger partial charge in [-0.3, -0.25) is 0 Å². The largest absolute Gasteiger partial charge is 0.477 e. The normalized spacial score (nSPS) is 14.0. The van der Waals surface area contributed by atoms with Crippen LogP contribution < -0.4 is 4.90 Å². The molecule has 0 spiro atoms. The van der Waals surface area contributed by atoms with E-state index in [9.17, 15) is 15.2 Å². The number of benzene rings is 5. The van der Waals surface area contributed by atoms with Gasteiger partial charge in [0.2, 0.25) is 0 Å². The zero-order valence-corrected chi connectivity index (χ0v) is 41.9. The van der Waals surface area contributed by atoms with Crippen LogP contribution in [-0.2, 0) is 15.6 Å². The van der Waals surface area contributed by atoms with E-state index in [0.29, 0.717) is 0 Å². The molecule has 0 aliphatic heterocycles. The second-order valence-corrected chi connectivity index (χ2v) is 21.6. The molecule has 2 aliphatic carbocycles. The van der Waals surface area contributed by atoms with Crippen molar-refractivity contribution in [1.82, 2.24) is 0 Å². The van der Waals surface area contributed by atoms with E-state index in [4.69, 9.17) is 0 Å². The summed E-state index contributed by atoms with van der Waals surface area (Å²) in [6.45, 7) is 9.15. The summed E-state index contributed by atoms with van der Waals surface area (Å²) in [6, 6.07) is 50.7. The molecule has 0 unspecified atom stereocenters. The number of rotatable bonds is 21. The summed E-state index contributed by atoms with van der Waals surface area (Å²) in [7, 11) is 0. The Morgan fingerprint density at radius 1 is 0.574 bits per heavy atom. The Bertz CT molecular complexity index is 2890. The number of fused-ring (bicyclic) bond motifs is 6. The molecule has 0 saturated heterocycles. The highest BCUT2D eigenvalue weighted by Crippen LogP contribution is 2.62. The van der Waals surface area contributed by atoms with Gasteiger partial charge in [-0.2, -0.15) is 5.26 Å². The van der Waals surface area contributed by atoms with Gasteiger partial charge in [0.25, 0.3) is 0 Å². The molecule has 0 atom stereocenters. The molecule has 2 aliphatic rings. The molecule has 0 bridgehead atoms. The van der Waals surface area contributed by atoms with Gasteiger partial charge < -0.3 is 10.0 Å². The van der Waals surface area contributed by atoms with E-state index in [2.05, 4.69) is 160 Å². The van der Waals surface area contributed by atoms with Crippen LogP contribution in [0.5, 0.6) is 0 Å². The first-order valence-electron chi connectivity index (χ1n) is 25.1. The fourth-order valence-electron chi connectivity index (χ4n) is 11.0. The lowest BCUT2D eigenvalue weighted by atomic mass is 9.71. The Kier molecular flexibility index (Phi) is 14.3. The summed E-state index contributed by atoms with van der Waals surface area (Å²) < 4.78 is 0. The van der Waals surface area contributed by atoms with E-state index >= 15 is 0 Å². The minimum atomic E-state index is -1.21. The highest BCUT2D eigenvalue weighted by atomic mass is 32.1. The minimum Gasteiger partial charge on any atom is -0.477 e. The lowest BCUT2D eigenvalue weighted by Crippen LogP contribution is -2.25. The number of thiophene rings is 2. The zero-order chi connectivity index (χ0) is 47.3. The third kappa shape index (κ3) is 9.28. The highest BCUT2D eigenvalue weighted by Gasteiger charge is 2.46. The fourth-order valence-corrected chi connectivity index (χ4v) is 13.7. The molecule has 2 aromatic heterocycles. The molecule has 6 heteroatoms. The van der Waals surface area contributed by atoms with Crippen LogP contribution >= 0.6 is 22.7 Å². The molecule has 9 rings (SSSR count). The summed E-state index contributed by atoms with van der Waals surface area (Å²) in [4.78, 5) is 19.6. The molecule has 0 amide bonds. The van der Waals surface area contributed by atoms with Crippen LogP contribution in [0.4, 0.5) is 17.1 Å². The number of carboxylic acid groups (broad SMARTS) is 1. The molecule has 0 saturated carbocycles. The van der Waals surface area contributed by atoms with Crippen molar-refractivity contribution in [3.05, 3.63) is 167 Å². The summed E-state index contributed by atoms with van der Waals surface area (Å²) in [6.07, 6.45) is 19.3. The van der Waals surface area contributed by atoms with E-state index in [0.717, 1.165) is 28.2 Å². The average molecular weight is 933 g/mol. The molecular weight excluding hydrogens is 869 g/mol. The molecule has 5 aromatic carbocycles. The number of nitrogens with zero attached hydrogens (tertiary/aromatic N) is 2. The fraction of sp³-hybridized carbons (Fsp3) is 0.323. The van der Waals surface area contributed by atoms with Crippen LogP contribution in [0.1, 0.15) is 145 Å². The topological polar surface area (TPSA) is 64.3 Å². The minimum absolute atomic E-state index is 0.0184. The Hall–Kier alpha value is -6.00. The quantitative estimate of drug-likeness (QED) is 0.0443. The van der Waals surface area contributed by atoms with Gasteiger partial charge in [0.15, 0.2) is 0 Å². The van der Waals surface area contributed by atoms with Gasteiger partial charge in [-0.05, 0) is 124 Å². The van der Waals surface area contributed by atoms with Crippen LogP contribution in [0, 0.1) is 11.3 Å². The molecule has 7 aromatic rings. The van der Waals surface area contributed by atoms with Gasteiger partial charge in [0, 0.05) is 47.4 Å². The first kappa shape index (κ1) is 47.1. The van der Waals surface area contributed by atoms with Crippen molar-refractivity contribution in [2.24, 2.45) is 0 Å². The Labute approximate surface area is 412 Å². The van der Waals surface area contributed by atoms with Crippen molar-refractivity contribution in [2.75, 3.05) is 4.90 Å². The van der Waals surface area contributed by atoms with Crippen molar-refractivity contribution >= 4 is 51.8 Å². The smallest absolute Gasteiger partial charge is 0.346 e. The maximum atomic E-state index is 11.7. The number of unbranched alkanes of at least 4 members (excludes halogenated alkanes) is 10. The standard InChI is InChI=1S/C62H64N2O2S2/c1-5-7-9-11-13-21-35-62(36-22-14-12-10-8-6-2)54-40-56(44-28-31-49(32-29-44)64(47-23-17-15-18-24-47)48-25-19-16-20-26-48)67-58(54)59-55(62)41-57(68-59)45-30-34-51-50-33-27-43(37-46(42-63)60(65)66)38-52(50)61(3,4)53(51)39-45/h15-20,23-34,37-41H,5-14,21-22,35-36H2,1-4H3,(H,65,66)/b46-37+. The van der Waals surface area contributed by atoms with Gasteiger partial charge in [-0.25, -0.2) is 4.79 Å². The molecule has 1 N–H and O–H groups in total. The van der Waals surface area contributed by atoms with Gasteiger partial charge in [0.1, 0.15) is 11.6 Å². The molecule has 0 fully saturated rings. The van der Waals surface area contributed by atoms with Crippen molar-refractivity contribution < 1.29 is 9.90 Å². The van der Waals surface area contributed by atoms with Gasteiger partial charge in [0.05, 0.1) is 0 Å². The van der Waals surface area contributed by atoms with Crippen LogP contribution in [0.3, 0.4) is 0 Å². The number of para-hydroxylation sites is 2. The Morgan fingerprint density at radius 2 is 1.04 bits per heavy atom. The number of carboxylic acids is 1. The summed E-state index contributed by atoms with van der Waals surface area (Å²) in [5.74, 6) is -1.21. The predicted molar refractivity (Wildman–Crippen MR) is 289 cm³/mol. The first-order chi connectivity index (χ1) is 33.2. The number of nitriles is 1. The lowest BCUT2D eigenvalue weighted by molar-refractivity contribution is -0.132. The van der Waals surface area contributed by atoms with Crippen LogP contribution in [-0.4, -0.2) is 11.1 Å². The summed E-state index contributed by atoms with van der Waals surface area (Å²) >= 11 is 3.98. The Morgan fingerprint density at radius 3 is 1.57 bits per heavy atom. The predicted octanol–water partition coefficient (Wildman–Crippen LogP) is 18.7. The van der Waals surface area contributed by atoms with Gasteiger partial charge >= 0.3 is 5.97 Å². The average Bonchev–Trinajstić information content (AvgIpc) is 4.11. The number of hydrogen-bond acceptors (Lipinski definition) is 5. The van der Waals surface area contributed by atoms with E-state index in [1.807, 2.05) is 34.8 Å².